The summed E-state index contributed by atoms with van der Waals surface area (Å²) >= 11 is 0. The molecule has 126 valence electrons. The molecule has 9 nitrogen and oxygen atoms in total. The van der Waals surface area contributed by atoms with E-state index in [-0.39, 0.29) is 28.7 Å². The zero-order valence-corrected chi connectivity index (χ0v) is 13.6. The number of nitrogens with one attached hydrogen (secondary N) is 1. The number of ether oxygens (including phenoxy) is 3. The van der Waals surface area contributed by atoms with Crippen molar-refractivity contribution >= 4 is 16.9 Å². The molecule has 3 rings (SSSR count). The van der Waals surface area contributed by atoms with Crippen molar-refractivity contribution in [2.75, 3.05) is 18.9 Å². The van der Waals surface area contributed by atoms with Gasteiger partial charge in [-0.25, -0.2) is 4.68 Å². The fraction of sp³-hybridized carbons (Fsp3) is 0.643. The first-order valence-electron chi connectivity index (χ1n) is 7.42. The largest absolute Gasteiger partial charge is 0.463 e. The first-order valence-corrected chi connectivity index (χ1v) is 7.42. The molecular weight excluding hydrogens is 302 g/mol. The van der Waals surface area contributed by atoms with Gasteiger partial charge < -0.3 is 19.9 Å². The smallest absolute Gasteiger partial charge is 0.320 e. The number of aromatic amines is 1. The van der Waals surface area contributed by atoms with Gasteiger partial charge in [0.05, 0.1) is 19.3 Å². The van der Waals surface area contributed by atoms with Gasteiger partial charge in [-0.05, 0) is 12.3 Å². The van der Waals surface area contributed by atoms with E-state index in [0.29, 0.717) is 18.9 Å². The van der Waals surface area contributed by atoms with E-state index in [1.807, 2.05) is 27.7 Å². The van der Waals surface area contributed by atoms with Gasteiger partial charge in [0.25, 0.3) is 12.0 Å². The molecule has 2 unspecified atom stereocenters. The van der Waals surface area contributed by atoms with Gasteiger partial charge in [-0.1, -0.05) is 20.8 Å². The molecule has 0 amide bonds. The minimum Gasteiger partial charge on any atom is -0.463 e. The van der Waals surface area contributed by atoms with Crippen molar-refractivity contribution in [3.05, 3.63) is 10.4 Å². The van der Waals surface area contributed by atoms with Crippen LogP contribution in [0.15, 0.2) is 4.79 Å². The number of anilines is 1. The second kappa shape index (κ2) is 5.50. The molecule has 9 heteroatoms. The highest BCUT2D eigenvalue weighted by molar-refractivity contribution is 5.85. The van der Waals surface area contributed by atoms with E-state index < -0.39 is 12.0 Å². The zero-order chi connectivity index (χ0) is 16.8. The molecule has 3 heterocycles. The van der Waals surface area contributed by atoms with Gasteiger partial charge in [0.2, 0.25) is 0 Å². The van der Waals surface area contributed by atoms with Crippen LogP contribution in [0.2, 0.25) is 0 Å². The van der Waals surface area contributed by atoms with Crippen LogP contribution in [0.1, 0.15) is 34.1 Å². The van der Waals surface area contributed by atoms with Gasteiger partial charge in [-0.3, -0.25) is 9.89 Å². The highest BCUT2D eigenvalue weighted by atomic mass is 16.7. The lowest BCUT2D eigenvalue weighted by atomic mass is 9.99. The quantitative estimate of drug-likeness (QED) is 0.865. The lowest BCUT2D eigenvalue weighted by Gasteiger charge is -2.18. The number of aromatic nitrogens is 4. The van der Waals surface area contributed by atoms with E-state index in [2.05, 4.69) is 15.1 Å². The standard InChI is InChI=1S/C14H21N5O4/c1-7-5-21-13(23-7)19-10-8(11(20)18-19)9(15)16-12(17-10)22-6-14(2,3)4/h7,13H,5-6H2,1-4H3,(H,18,20)(H2,15,16,17). The van der Waals surface area contributed by atoms with Crippen LogP contribution in [0.5, 0.6) is 6.01 Å². The molecule has 0 aliphatic carbocycles. The first kappa shape index (κ1) is 15.8. The average Bonchev–Trinajstić information content (AvgIpc) is 3.00. The molecule has 0 saturated carbocycles. The predicted molar refractivity (Wildman–Crippen MR) is 83.0 cm³/mol. The third-order valence-electron chi connectivity index (χ3n) is 3.24. The second-order valence-corrected chi connectivity index (χ2v) is 6.84. The van der Waals surface area contributed by atoms with Crippen molar-refractivity contribution < 1.29 is 14.2 Å². The monoisotopic (exact) mass is 323 g/mol. The summed E-state index contributed by atoms with van der Waals surface area (Å²) in [7, 11) is 0. The maximum Gasteiger partial charge on any atom is 0.320 e. The number of nitrogen functional groups attached to an aromatic ring is 1. The van der Waals surface area contributed by atoms with Crippen molar-refractivity contribution in [2.24, 2.45) is 5.41 Å². The third-order valence-corrected chi connectivity index (χ3v) is 3.24. The molecule has 1 aliphatic rings. The highest BCUT2D eigenvalue weighted by Crippen LogP contribution is 2.26. The van der Waals surface area contributed by atoms with Crippen LogP contribution >= 0.6 is 0 Å². The van der Waals surface area contributed by atoms with Crippen molar-refractivity contribution in [3.8, 4) is 6.01 Å². The summed E-state index contributed by atoms with van der Waals surface area (Å²) in [6.07, 6.45) is -0.822. The zero-order valence-electron chi connectivity index (χ0n) is 13.6. The number of hydrogen-bond donors (Lipinski definition) is 2. The fourth-order valence-electron chi connectivity index (χ4n) is 2.18. The van der Waals surface area contributed by atoms with Crippen LogP contribution in [0.4, 0.5) is 5.82 Å². The van der Waals surface area contributed by atoms with Crippen molar-refractivity contribution in [3.63, 3.8) is 0 Å². The number of rotatable bonds is 3. The number of H-pyrrole nitrogens is 1. The van der Waals surface area contributed by atoms with Crippen LogP contribution in [0.3, 0.4) is 0 Å². The van der Waals surface area contributed by atoms with Gasteiger partial charge in [0, 0.05) is 0 Å². The maximum absolute atomic E-state index is 12.1. The number of hydrogen-bond acceptors (Lipinski definition) is 7. The molecule has 0 aromatic carbocycles. The van der Waals surface area contributed by atoms with Gasteiger partial charge in [-0.15, -0.1) is 0 Å². The van der Waals surface area contributed by atoms with Crippen molar-refractivity contribution in [2.45, 2.75) is 40.2 Å². The van der Waals surface area contributed by atoms with Crippen LogP contribution in [-0.2, 0) is 9.47 Å². The van der Waals surface area contributed by atoms with Crippen LogP contribution in [0, 0.1) is 5.41 Å². The summed E-state index contributed by atoms with van der Waals surface area (Å²) in [6.45, 7) is 8.82. The summed E-state index contributed by atoms with van der Waals surface area (Å²) in [5.41, 5.74) is 5.73. The molecule has 1 fully saturated rings. The molecule has 2 atom stereocenters. The SMILES string of the molecule is CC1COC(n2[nH]c(=O)c3c(N)nc(OCC(C)(C)C)nc32)O1. The Bertz CT molecular complexity index is 776. The second-order valence-electron chi connectivity index (χ2n) is 6.84. The average molecular weight is 323 g/mol. The Morgan fingerprint density at radius 1 is 1.43 bits per heavy atom. The van der Waals surface area contributed by atoms with Crippen LogP contribution < -0.4 is 16.0 Å². The Kier molecular flexibility index (Phi) is 3.77. The summed E-state index contributed by atoms with van der Waals surface area (Å²) in [5.74, 6) is 0.0601. The van der Waals surface area contributed by atoms with Gasteiger partial charge >= 0.3 is 6.01 Å². The first-order chi connectivity index (χ1) is 10.7. The topological polar surface area (TPSA) is 117 Å². The Morgan fingerprint density at radius 2 is 2.17 bits per heavy atom. The lowest BCUT2D eigenvalue weighted by molar-refractivity contribution is -0.117. The Labute approximate surface area is 132 Å². The van der Waals surface area contributed by atoms with Crippen LogP contribution in [-0.4, -0.2) is 39.1 Å². The van der Waals surface area contributed by atoms with E-state index in [9.17, 15) is 4.79 Å². The Hall–Kier alpha value is -2.13. The molecule has 1 saturated heterocycles. The van der Waals surface area contributed by atoms with Crippen molar-refractivity contribution in [1.29, 1.82) is 0 Å². The fourth-order valence-corrected chi connectivity index (χ4v) is 2.18. The van der Waals surface area contributed by atoms with E-state index in [0.717, 1.165) is 0 Å². The summed E-state index contributed by atoms with van der Waals surface area (Å²) < 4.78 is 18.1. The van der Waals surface area contributed by atoms with Crippen LogP contribution in [0.25, 0.3) is 11.0 Å². The van der Waals surface area contributed by atoms with E-state index in [1.165, 1.54) is 4.68 Å². The number of nitrogens with two attached hydrogens (primary N) is 1. The van der Waals surface area contributed by atoms with E-state index >= 15 is 0 Å². The minimum atomic E-state index is -0.750. The minimum absolute atomic E-state index is 0.0575. The summed E-state index contributed by atoms with van der Waals surface area (Å²) in [6, 6.07) is 0.115. The molecule has 2 aromatic rings. The molecule has 1 aliphatic heterocycles. The number of fused-ring (bicyclic) bond motifs is 1. The van der Waals surface area contributed by atoms with Gasteiger partial charge in [0.15, 0.2) is 5.65 Å². The normalized spacial score (nSPS) is 21.9. The van der Waals surface area contributed by atoms with Gasteiger partial charge in [-0.2, -0.15) is 9.97 Å². The molecule has 3 N–H and O–H groups in total. The van der Waals surface area contributed by atoms with Gasteiger partial charge in [0.1, 0.15) is 11.2 Å². The maximum atomic E-state index is 12.1. The lowest BCUT2D eigenvalue weighted by Crippen LogP contribution is -2.18. The molecule has 0 spiro atoms. The highest BCUT2D eigenvalue weighted by Gasteiger charge is 2.28. The predicted octanol–water partition coefficient (Wildman–Crippen LogP) is 1.02. The number of nitrogens with zero attached hydrogens (tertiary/aromatic N) is 3. The van der Waals surface area contributed by atoms with E-state index in [1.54, 1.807) is 0 Å². The molecule has 2 aromatic heterocycles. The molecular formula is C14H21N5O4. The van der Waals surface area contributed by atoms with E-state index in [4.69, 9.17) is 19.9 Å². The summed E-state index contributed by atoms with van der Waals surface area (Å²) in [5, 5.41) is 2.82. The van der Waals surface area contributed by atoms with Crippen molar-refractivity contribution in [1.82, 2.24) is 19.7 Å². The Morgan fingerprint density at radius 3 is 2.78 bits per heavy atom. The molecule has 0 radical (unpaired) electrons. The Balaban J connectivity index is 2.01. The third kappa shape index (κ3) is 3.15. The molecule has 0 bridgehead atoms. The summed E-state index contributed by atoms with van der Waals surface area (Å²) in [4.78, 5) is 20.4. The molecule has 23 heavy (non-hydrogen) atoms.